The van der Waals surface area contributed by atoms with Crippen molar-refractivity contribution in [3.8, 4) is 0 Å². The Morgan fingerprint density at radius 1 is 0.971 bits per heavy atom. The second-order valence-electron chi connectivity index (χ2n) is 10.8. The minimum absolute atomic E-state index is 0.0447. The number of hydrogen-bond donors (Lipinski definition) is 0. The second kappa shape index (κ2) is 10.4. The van der Waals surface area contributed by atoms with Gasteiger partial charge in [-0.3, -0.25) is 14.4 Å². The Morgan fingerprint density at radius 2 is 1.59 bits per heavy atom. The van der Waals surface area contributed by atoms with Crippen LogP contribution in [0.5, 0.6) is 0 Å². The highest BCUT2D eigenvalue weighted by atomic mass is 16.7. The van der Waals surface area contributed by atoms with Crippen LogP contribution in [0.15, 0.2) is 11.6 Å². The molecule has 8 heteroatoms. The third kappa shape index (κ3) is 6.00. The van der Waals surface area contributed by atoms with E-state index in [0.29, 0.717) is 5.92 Å². The molecule has 3 aliphatic rings. The number of fused-ring (bicyclic) bond motifs is 1. The molecule has 7 atom stereocenters. The van der Waals surface area contributed by atoms with E-state index in [1.54, 1.807) is 0 Å². The first-order valence-corrected chi connectivity index (χ1v) is 12.4. The molecule has 0 N–H and O–H groups in total. The van der Waals surface area contributed by atoms with E-state index in [4.69, 9.17) is 23.7 Å². The third-order valence-corrected chi connectivity index (χ3v) is 7.60. The largest absolute Gasteiger partial charge is 0.456 e. The molecule has 0 aromatic rings. The van der Waals surface area contributed by atoms with Gasteiger partial charge in [0.05, 0.1) is 12.2 Å². The zero-order valence-corrected chi connectivity index (χ0v) is 21.6. The summed E-state index contributed by atoms with van der Waals surface area (Å²) < 4.78 is 28.6. The van der Waals surface area contributed by atoms with Crippen molar-refractivity contribution in [3.63, 3.8) is 0 Å². The highest BCUT2D eigenvalue weighted by molar-refractivity contribution is 5.68. The van der Waals surface area contributed by atoms with Crippen LogP contribution in [0, 0.1) is 17.3 Å². The van der Waals surface area contributed by atoms with Crippen LogP contribution in [-0.2, 0) is 38.1 Å². The maximum absolute atomic E-state index is 11.9. The molecule has 1 saturated carbocycles. The molecule has 0 unspecified atom stereocenters. The predicted molar refractivity (Wildman–Crippen MR) is 123 cm³/mol. The van der Waals surface area contributed by atoms with E-state index in [2.05, 4.69) is 19.9 Å². The van der Waals surface area contributed by atoms with Gasteiger partial charge in [0.15, 0.2) is 24.6 Å². The molecule has 1 saturated heterocycles. The summed E-state index contributed by atoms with van der Waals surface area (Å²) in [4.78, 5) is 35.3. The first-order valence-electron chi connectivity index (χ1n) is 12.4. The lowest BCUT2D eigenvalue weighted by Crippen LogP contribution is -2.60. The van der Waals surface area contributed by atoms with Crippen molar-refractivity contribution in [1.29, 1.82) is 0 Å². The van der Waals surface area contributed by atoms with E-state index in [0.717, 1.165) is 12.8 Å². The molecule has 0 aromatic carbocycles. The summed E-state index contributed by atoms with van der Waals surface area (Å²) in [6.07, 6.45) is 4.16. The molecule has 0 aromatic heterocycles. The SMILES string of the molecule is CC(=O)O[C@@H]1[C@@H](OC(C)=O)[C@H](OC(C)(C)[C@H]2C=C3[C@@H](C)CCC[C@]3(C)CC2)OC[C@H]1OC(C)=O. The summed E-state index contributed by atoms with van der Waals surface area (Å²) in [6, 6.07) is 0. The molecule has 2 fully saturated rings. The molecular formula is C26H40O8. The molecule has 1 aliphatic heterocycles. The van der Waals surface area contributed by atoms with E-state index in [1.165, 1.54) is 45.6 Å². The quantitative estimate of drug-likeness (QED) is 0.318. The lowest BCUT2D eigenvalue weighted by Gasteiger charge is -2.49. The summed E-state index contributed by atoms with van der Waals surface area (Å²) in [5.41, 5.74) is 1.13. The molecule has 0 bridgehead atoms. The number of allylic oxidation sites excluding steroid dienone is 1. The second-order valence-corrected chi connectivity index (χ2v) is 10.8. The molecule has 0 amide bonds. The van der Waals surface area contributed by atoms with Gasteiger partial charge in [0.2, 0.25) is 0 Å². The number of hydrogen-bond acceptors (Lipinski definition) is 8. The van der Waals surface area contributed by atoms with Gasteiger partial charge in [-0.05, 0) is 50.9 Å². The van der Waals surface area contributed by atoms with Crippen LogP contribution in [0.25, 0.3) is 0 Å². The molecule has 34 heavy (non-hydrogen) atoms. The number of esters is 3. The van der Waals surface area contributed by atoms with Crippen LogP contribution >= 0.6 is 0 Å². The Labute approximate surface area is 202 Å². The van der Waals surface area contributed by atoms with Gasteiger partial charge >= 0.3 is 17.9 Å². The monoisotopic (exact) mass is 480 g/mol. The topological polar surface area (TPSA) is 97.4 Å². The van der Waals surface area contributed by atoms with Gasteiger partial charge in [0, 0.05) is 26.7 Å². The van der Waals surface area contributed by atoms with Crippen LogP contribution in [0.3, 0.4) is 0 Å². The van der Waals surface area contributed by atoms with Gasteiger partial charge in [-0.15, -0.1) is 0 Å². The highest BCUT2D eigenvalue weighted by Gasteiger charge is 2.50. The lowest BCUT2D eigenvalue weighted by atomic mass is 9.60. The standard InChI is InChI=1S/C26H40O8/c1-15-9-8-11-26(7)12-10-19(13-20(15)26)25(5,6)34-24-23(33-18(4)29)22(32-17(3)28)21(14-30-24)31-16(2)27/h13,15,19,21-24H,8-12,14H2,1-7H3/t15-,19+,21+,22-,23+,24-,26+/m0/s1. The van der Waals surface area contributed by atoms with Gasteiger partial charge in [0.25, 0.3) is 0 Å². The molecule has 1 heterocycles. The maximum atomic E-state index is 11.9. The van der Waals surface area contributed by atoms with Crippen molar-refractivity contribution in [3.05, 3.63) is 11.6 Å². The smallest absolute Gasteiger partial charge is 0.303 e. The Kier molecular flexibility index (Phi) is 8.13. The Bertz CT molecular complexity index is 818. The van der Waals surface area contributed by atoms with Crippen molar-refractivity contribution in [2.45, 2.75) is 111 Å². The average molecular weight is 481 g/mol. The normalized spacial score (nSPS) is 36.0. The predicted octanol–water partition coefficient (Wildman–Crippen LogP) is 4.10. The Balaban J connectivity index is 1.84. The molecule has 0 spiro atoms. The van der Waals surface area contributed by atoms with Crippen LogP contribution < -0.4 is 0 Å². The number of carbonyl (C=O) groups excluding carboxylic acids is 3. The van der Waals surface area contributed by atoms with Gasteiger partial charge in [-0.2, -0.15) is 0 Å². The molecular weight excluding hydrogens is 440 g/mol. The van der Waals surface area contributed by atoms with Gasteiger partial charge in [-0.25, -0.2) is 0 Å². The number of ether oxygens (including phenoxy) is 5. The van der Waals surface area contributed by atoms with Crippen molar-refractivity contribution in [2.24, 2.45) is 17.3 Å². The van der Waals surface area contributed by atoms with Crippen molar-refractivity contribution in [2.75, 3.05) is 6.61 Å². The summed E-state index contributed by atoms with van der Waals surface area (Å²) in [5, 5.41) is 0. The van der Waals surface area contributed by atoms with Gasteiger partial charge in [0.1, 0.15) is 0 Å². The highest BCUT2D eigenvalue weighted by Crippen LogP contribution is 2.52. The molecule has 2 aliphatic carbocycles. The summed E-state index contributed by atoms with van der Waals surface area (Å²) >= 11 is 0. The molecule has 3 rings (SSSR count). The molecule has 192 valence electrons. The number of rotatable bonds is 6. The lowest BCUT2D eigenvalue weighted by molar-refractivity contribution is -0.307. The van der Waals surface area contributed by atoms with E-state index in [-0.39, 0.29) is 17.9 Å². The van der Waals surface area contributed by atoms with Crippen LogP contribution in [-0.4, -0.2) is 54.7 Å². The average Bonchev–Trinajstić information content (AvgIpc) is 2.70. The van der Waals surface area contributed by atoms with E-state index in [1.807, 2.05) is 13.8 Å². The Morgan fingerprint density at radius 3 is 2.21 bits per heavy atom. The fourth-order valence-corrected chi connectivity index (χ4v) is 5.85. The fourth-order valence-electron chi connectivity index (χ4n) is 5.85. The summed E-state index contributed by atoms with van der Waals surface area (Å²) in [6.45, 7) is 12.4. The first kappa shape index (κ1) is 26.7. The minimum atomic E-state index is -1.08. The summed E-state index contributed by atoms with van der Waals surface area (Å²) in [5.74, 6) is -1.01. The van der Waals surface area contributed by atoms with E-state index < -0.39 is 48.1 Å². The van der Waals surface area contributed by atoms with E-state index in [9.17, 15) is 14.4 Å². The van der Waals surface area contributed by atoms with Crippen LogP contribution in [0.2, 0.25) is 0 Å². The maximum Gasteiger partial charge on any atom is 0.303 e. The fraction of sp³-hybridized carbons (Fsp3) is 0.808. The zero-order chi connectivity index (χ0) is 25.3. The zero-order valence-electron chi connectivity index (χ0n) is 21.6. The summed E-state index contributed by atoms with van der Waals surface area (Å²) in [7, 11) is 0. The number of carbonyl (C=O) groups is 3. The van der Waals surface area contributed by atoms with Gasteiger partial charge < -0.3 is 23.7 Å². The van der Waals surface area contributed by atoms with E-state index >= 15 is 0 Å². The molecule has 8 nitrogen and oxygen atoms in total. The van der Waals surface area contributed by atoms with Crippen molar-refractivity contribution < 1.29 is 38.1 Å². The van der Waals surface area contributed by atoms with Gasteiger partial charge in [-0.1, -0.05) is 31.9 Å². The van der Waals surface area contributed by atoms with Crippen molar-refractivity contribution >= 4 is 17.9 Å². The first-order chi connectivity index (χ1) is 15.8. The van der Waals surface area contributed by atoms with Crippen LogP contribution in [0.4, 0.5) is 0 Å². The third-order valence-electron chi connectivity index (χ3n) is 7.60. The minimum Gasteiger partial charge on any atom is -0.456 e. The van der Waals surface area contributed by atoms with Crippen LogP contribution in [0.1, 0.15) is 80.6 Å². The molecule has 0 radical (unpaired) electrons. The van der Waals surface area contributed by atoms with Crippen molar-refractivity contribution in [1.82, 2.24) is 0 Å². The Hall–Kier alpha value is -1.93.